The molecule has 3 aromatic rings. The summed E-state index contributed by atoms with van der Waals surface area (Å²) in [5.74, 6) is 0.454. The number of rotatable bonds is 2. The number of methoxy groups -OCH3 is 1. The van der Waals surface area contributed by atoms with Gasteiger partial charge in [0, 0.05) is 23.8 Å². The van der Waals surface area contributed by atoms with Crippen molar-refractivity contribution in [2.45, 2.75) is 13.0 Å². The number of carbonyl (C=O) groups is 1. The first-order chi connectivity index (χ1) is 12.0. The van der Waals surface area contributed by atoms with E-state index in [9.17, 15) is 9.90 Å². The van der Waals surface area contributed by atoms with E-state index < -0.39 is 0 Å². The van der Waals surface area contributed by atoms with E-state index in [2.05, 4.69) is 21.0 Å². The second-order valence-electron chi connectivity index (χ2n) is 6.02. The zero-order valence-corrected chi connectivity index (χ0v) is 15.2. The minimum absolute atomic E-state index is 0.0995. The van der Waals surface area contributed by atoms with Crippen LogP contribution in [0.4, 0.5) is 0 Å². The van der Waals surface area contributed by atoms with Gasteiger partial charge in [-0.15, -0.1) is 0 Å². The summed E-state index contributed by atoms with van der Waals surface area (Å²) in [5.41, 5.74) is 3.32. The van der Waals surface area contributed by atoms with Crippen LogP contribution in [0.2, 0.25) is 0 Å². The van der Waals surface area contributed by atoms with Crippen molar-refractivity contribution in [3.63, 3.8) is 0 Å². The van der Waals surface area contributed by atoms with Gasteiger partial charge in [-0.1, -0.05) is 0 Å². The number of carbonyl (C=O) groups excluding carboxylic acids is 1. The smallest absolute Gasteiger partial charge is 0.274 e. The molecule has 2 aromatic heterocycles. The summed E-state index contributed by atoms with van der Waals surface area (Å²) in [6.07, 6.45) is 2.52. The highest BCUT2D eigenvalue weighted by Gasteiger charge is 2.25. The number of nitrogens with zero attached hydrogens (tertiary/aromatic N) is 3. The summed E-state index contributed by atoms with van der Waals surface area (Å²) in [7, 11) is 1.52. The lowest BCUT2D eigenvalue weighted by atomic mass is 9.98. The molecule has 3 heterocycles. The van der Waals surface area contributed by atoms with Gasteiger partial charge >= 0.3 is 0 Å². The van der Waals surface area contributed by atoms with Crippen LogP contribution in [-0.4, -0.2) is 39.2 Å². The van der Waals surface area contributed by atoms with Crippen LogP contribution in [0.3, 0.4) is 0 Å². The maximum atomic E-state index is 12.8. The standard InChI is InChI=1S/C18H16BrN3O3/c1-25-17-7-12-9-21(5-4-11(12)6-16(17)23)18(24)15-8-14-3-2-13(19)10-22(14)20-15/h2-3,6-8,10,23H,4-5,9H2,1H3. The topological polar surface area (TPSA) is 67.1 Å². The quantitative estimate of drug-likeness (QED) is 0.716. The maximum absolute atomic E-state index is 12.8. The van der Waals surface area contributed by atoms with Gasteiger partial charge in [0.05, 0.1) is 12.6 Å². The Bertz CT molecular complexity index is 983. The number of ether oxygens (including phenoxy) is 1. The molecule has 1 N–H and O–H groups in total. The number of amides is 1. The lowest BCUT2D eigenvalue weighted by Crippen LogP contribution is -2.36. The Morgan fingerprint density at radius 1 is 1.28 bits per heavy atom. The van der Waals surface area contributed by atoms with E-state index >= 15 is 0 Å². The van der Waals surface area contributed by atoms with Crippen LogP contribution in [0.5, 0.6) is 11.5 Å². The molecule has 0 radical (unpaired) electrons. The molecule has 1 aliphatic rings. The Morgan fingerprint density at radius 2 is 2.12 bits per heavy atom. The number of aromatic hydroxyl groups is 1. The molecule has 0 unspecified atom stereocenters. The predicted molar refractivity (Wildman–Crippen MR) is 96.0 cm³/mol. The number of phenolic OH excluding ortho intramolecular Hbond substituents is 1. The zero-order chi connectivity index (χ0) is 17.6. The Kier molecular flexibility index (Phi) is 3.88. The largest absolute Gasteiger partial charge is 0.504 e. The molecule has 4 rings (SSSR count). The van der Waals surface area contributed by atoms with E-state index in [1.54, 1.807) is 27.6 Å². The monoisotopic (exact) mass is 401 g/mol. The van der Waals surface area contributed by atoms with Crippen LogP contribution in [0.25, 0.3) is 5.52 Å². The fraction of sp³-hybridized carbons (Fsp3) is 0.222. The summed E-state index contributed by atoms with van der Waals surface area (Å²) in [5, 5.41) is 14.3. The van der Waals surface area contributed by atoms with Crippen molar-refractivity contribution >= 4 is 27.4 Å². The molecule has 6 nitrogen and oxygen atoms in total. The first-order valence-corrected chi connectivity index (χ1v) is 8.67. The third-order valence-electron chi connectivity index (χ3n) is 4.44. The van der Waals surface area contributed by atoms with E-state index in [0.717, 1.165) is 21.1 Å². The average Bonchev–Trinajstić information content (AvgIpc) is 3.03. The fourth-order valence-corrected chi connectivity index (χ4v) is 3.46. The van der Waals surface area contributed by atoms with E-state index in [1.807, 2.05) is 18.3 Å². The number of hydrogen-bond donors (Lipinski definition) is 1. The van der Waals surface area contributed by atoms with Crippen LogP contribution in [0.15, 0.2) is 41.0 Å². The molecule has 25 heavy (non-hydrogen) atoms. The van der Waals surface area contributed by atoms with Crippen LogP contribution in [-0.2, 0) is 13.0 Å². The molecule has 0 fully saturated rings. The van der Waals surface area contributed by atoms with Gasteiger partial charge in [-0.05, 0) is 63.8 Å². The minimum atomic E-state index is -0.0995. The highest BCUT2D eigenvalue weighted by atomic mass is 79.9. The van der Waals surface area contributed by atoms with Crippen molar-refractivity contribution in [2.75, 3.05) is 13.7 Å². The van der Waals surface area contributed by atoms with Gasteiger partial charge in [-0.25, -0.2) is 4.52 Å². The second-order valence-corrected chi connectivity index (χ2v) is 6.93. The number of phenols is 1. The number of aromatic nitrogens is 2. The molecule has 128 valence electrons. The summed E-state index contributed by atoms with van der Waals surface area (Å²) in [4.78, 5) is 14.6. The summed E-state index contributed by atoms with van der Waals surface area (Å²) in [6, 6.07) is 9.14. The number of hydrogen-bond acceptors (Lipinski definition) is 4. The molecule has 0 aliphatic carbocycles. The normalized spacial score (nSPS) is 13.8. The maximum Gasteiger partial charge on any atom is 0.274 e. The number of benzene rings is 1. The number of fused-ring (bicyclic) bond motifs is 2. The van der Waals surface area contributed by atoms with Crippen molar-refractivity contribution in [3.05, 3.63) is 57.8 Å². The van der Waals surface area contributed by atoms with Crippen molar-refractivity contribution < 1.29 is 14.6 Å². The molecule has 1 aromatic carbocycles. The first kappa shape index (κ1) is 16.0. The van der Waals surface area contributed by atoms with Crippen LogP contribution >= 0.6 is 15.9 Å². The molecule has 7 heteroatoms. The second kappa shape index (κ2) is 6.07. The summed E-state index contributed by atoms with van der Waals surface area (Å²) >= 11 is 3.40. The molecular formula is C18H16BrN3O3. The van der Waals surface area contributed by atoms with Gasteiger partial charge in [0.15, 0.2) is 17.2 Å². The average molecular weight is 402 g/mol. The third kappa shape index (κ3) is 2.84. The van der Waals surface area contributed by atoms with Crippen molar-refractivity contribution in [2.24, 2.45) is 0 Å². The van der Waals surface area contributed by atoms with E-state index in [1.165, 1.54) is 7.11 Å². The molecule has 0 atom stereocenters. The lowest BCUT2D eigenvalue weighted by Gasteiger charge is -2.28. The van der Waals surface area contributed by atoms with E-state index in [4.69, 9.17) is 4.74 Å². The molecular weight excluding hydrogens is 386 g/mol. The summed E-state index contributed by atoms with van der Waals surface area (Å²) < 4.78 is 7.76. The first-order valence-electron chi connectivity index (χ1n) is 7.88. The number of pyridine rings is 1. The molecule has 0 bridgehead atoms. The Balaban J connectivity index is 1.62. The molecule has 0 spiro atoms. The Labute approximate surface area is 152 Å². The van der Waals surface area contributed by atoms with Gasteiger partial charge in [-0.2, -0.15) is 5.10 Å². The highest BCUT2D eigenvalue weighted by Crippen LogP contribution is 2.32. The minimum Gasteiger partial charge on any atom is -0.504 e. The van der Waals surface area contributed by atoms with Gasteiger partial charge in [-0.3, -0.25) is 4.79 Å². The SMILES string of the molecule is COc1cc2c(cc1O)CCN(C(=O)c1cc3ccc(Br)cn3n1)C2. The third-order valence-corrected chi connectivity index (χ3v) is 4.91. The number of halogens is 1. The van der Waals surface area contributed by atoms with Crippen LogP contribution in [0, 0.1) is 0 Å². The van der Waals surface area contributed by atoms with Crippen LogP contribution < -0.4 is 4.74 Å². The van der Waals surface area contributed by atoms with Crippen molar-refractivity contribution in [1.29, 1.82) is 0 Å². The Morgan fingerprint density at radius 3 is 2.92 bits per heavy atom. The zero-order valence-electron chi connectivity index (χ0n) is 13.6. The van der Waals surface area contributed by atoms with Crippen molar-refractivity contribution in [1.82, 2.24) is 14.5 Å². The molecule has 0 saturated carbocycles. The predicted octanol–water partition coefficient (Wildman–Crippen LogP) is 3.01. The van der Waals surface area contributed by atoms with Crippen molar-refractivity contribution in [3.8, 4) is 11.5 Å². The van der Waals surface area contributed by atoms with Crippen LogP contribution in [0.1, 0.15) is 21.6 Å². The lowest BCUT2D eigenvalue weighted by molar-refractivity contribution is 0.0728. The van der Waals surface area contributed by atoms with E-state index in [-0.39, 0.29) is 11.7 Å². The fourth-order valence-electron chi connectivity index (χ4n) is 3.14. The molecule has 1 amide bonds. The summed E-state index contributed by atoms with van der Waals surface area (Å²) in [6.45, 7) is 1.07. The van der Waals surface area contributed by atoms with Gasteiger partial charge in [0.2, 0.25) is 0 Å². The Hall–Kier alpha value is -2.54. The van der Waals surface area contributed by atoms with E-state index in [0.29, 0.717) is 31.0 Å². The van der Waals surface area contributed by atoms with Gasteiger partial charge < -0.3 is 14.7 Å². The van der Waals surface area contributed by atoms with Gasteiger partial charge in [0.25, 0.3) is 5.91 Å². The highest BCUT2D eigenvalue weighted by molar-refractivity contribution is 9.10. The molecule has 0 saturated heterocycles. The molecule has 1 aliphatic heterocycles. The van der Waals surface area contributed by atoms with Gasteiger partial charge in [0.1, 0.15) is 0 Å².